The van der Waals surface area contributed by atoms with Crippen LogP contribution in [0, 0.1) is 11.3 Å². The quantitative estimate of drug-likeness (QED) is 0.442. The van der Waals surface area contributed by atoms with E-state index in [9.17, 15) is 14.4 Å². The Labute approximate surface area is 176 Å². The van der Waals surface area contributed by atoms with E-state index in [1.807, 2.05) is 6.07 Å². The number of halogens is 1. The molecule has 0 fully saturated rings. The zero-order chi connectivity index (χ0) is 21.8. The molecule has 0 saturated heterocycles. The van der Waals surface area contributed by atoms with Crippen LogP contribution >= 0.6 is 11.6 Å². The van der Waals surface area contributed by atoms with E-state index < -0.39 is 23.8 Å². The topological polar surface area (TPSA) is 103 Å². The lowest BCUT2D eigenvalue weighted by molar-refractivity contribution is -0.135. The highest BCUT2D eigenvalue weighted by Crippen LogP contribution is 2.36. The van der Waals surface area contributed by atoms with Crippen molar-refractivity contribution in [2.24, 2.45) is 0 Å². The number of nitrogens with zero attached hydrogens (tertiary/aromatic N) is 3. The molecule has 2 aromatic carbocycles. The van der Waals surface area contributed by atoms with Gasteiger partial charge in [-0.2, -0.15) is 5.26 Å². The molecular formula is C21H18ClN3O5. The van der Waals surface area contributed by atoms with E-state index in [1.165, 1.54) is 16.7 Å². The van der Waals surface area contributed by atoms with Gasteiger partial charge in [0.2, 0.25) is 0 Å². The zero-order valence-electron chi connectivity index (χ0n) is 16.3. The smallest absolute Gasteiger partial charge is 0.332 e. The van der Waals surface area contributed by atoms with Gasteiger partial charge in [0.05, 0.1) is 34.2 Å². The summed E-state index contributed by atoms with van der Waals surface area (Å²) in [6.07, 6.45) is 0. The van der Waals surface area contributed by atoms with Gasteiger partial charge in [0, 0.05) is 12.6 Å². The molecule has 0 amide bonds. The highest BCUT2D eigenvalue weighted by molar-refractivity contribution is 6.32. The number of para-hydroxylation sites is 1. The number of fused-ring (bicyclic) bond motifs is 1. The van der Waals surface area contributed by atoms with Crippen LogP contribution in [0.5, 0.6) is 11.5 Å². The Balaban J connectivity index is 2.03. The molecule has 3 aromatic rings. The van der Waals surface area contributed by atoms with Crippen LogP contribution in [0.15, 0.2) is 46.0 Å². The lowest BCUT2D eigenvalue weighted by atomic mass is 10.2. The van der Waals surface area contributed by atoms with E-state index in [0.717, 1.165) is 4.57 Å². The third-order valence-corrected chi connectivity index (χ3v) is 4.67. The number of carbonyl (C=O) groups excluding carboxylic acids is 1. The summed E-state index contributed by atoms with van der Waals surface area (Å²) in [5, 5.41) is 9.43. The molecule has 0 N–H and O–H groups in total. The van der Waals surface area contributed by atoms with Crippen molar-refractivity contribution >= 4 is 28.5 Å². The van der Waals surface area contributed by atoms with Crippen LogP contribution in [0.25, 0.3) is 10.9 Å². The van der Waals surface area contributed by atoms with Gasteiger partial charge in [0.25, 0.3) is 5.56 Å². The van der Waals surface area contributed by atoms with E-state index in [-0.39, 0.29) is 35.2 Å². The van der Waals surface area contributed by atoms with Crippen LogP contribution in [0.2, 0.25) is 5.02 Å². The van der Waals surface area contributed by atoms with Crippen molar-refractivity contribution in [3.05, 3.63) is 67.8 Å². The van der Waals surface area contributed by atoms with Crippen molar-refractivity contribution in [1.29, 1.82) is 5.26 Å². The third kappa shape index (κ3) is 3.93. The van der Waals surface area contributed by atoms with Crippen molar-refractivity contribution in [1.82, 2.24) is 9.13 Å². The molecule has 0 aliphatic heterocycles. The van der Waals surface area contributed by atoms with Gasteiger partial charge in [0.1, 0.15) is 6.54 Å². The predicted molar refractivity (Wildman–Crippen MR) is 111 cm³/mol. The fourth-order valence-electron chi connectivity index (χ4n) is 3.07. The van der Waals surface area contributed by atoms with Crippen LogP contribution in [0.4, 0.5) is 0 Å². The summed E-state index contributed by atoms with van der Waals surface area (Å²) >= 11 is 6.17. The second-order valence-corrected chi connectivity index (χ2v) is 6.65. The second kappa shape index (κ2) is 8.84. The number of ether oxygens (including phenoxy) is 2. The first-order chi connectivity index (χ1) is 14.4. The Hall–Kier alpha value is -3.57. The molecule has 30 heavy (non-hydrogen) atoms. The van der Waals surface area contributed by atoms with E-state index in [1.54, 1.807) is 38.1 Å². The van der Waals surface area contributed by atoms with Crippen LogP contribution in [0.1, 0.15) is 19.4 Å². The number of carbonyl (C=O) groups is 1. The van der Waals surface area contributed by atoms with E-state index in [4.69, 9.17) is 26.3 Å². The third-order valence-electron chi connectivity index (χ3n) is 4.39. The molecule has 8 nitrogen and oxygen atoms in total. The minimum atomic E-state index is -0.781. The molecule has 0 unspecified atom stereocenters. The first kappa shape index (κ1) is 21.1. The molecule has 0 spiro atoms. The summed E-state index contributed by atoms with van der Waals surface area (Å²) in [6.45, 7) is 3.39. The first-order valence-corrected chi connectivity index (χ1v) is 9.58. The van der Waals surface area contributed by atoms with E-state index in [0.29, 0.717) is 10.9 Å². The van der Waals surface area contributed by atoms with Gasteiger partial charge in [-0.3, -0.25) is 13.9 Å². The SMILES string of the molecule is CCOc1cc(C#N)cc(Cl)c1OC(=O)Cn1c(=O)n(CC)c(=O)c2ccccc21. The average Bonchev–Trinajstić information content (AvgIpc) is 2.74. The van der Waals surface area contributed by atoms with Crippen LogP contribution < -0.4 is 20.7 Å². The van der Waals surface area contributed by atoms with Gasteiger partial charge >= 0.3 is 11.7 Å². The Morgan fingerprint density at radius 2 is 1.90 bits per heavy atom. The Morgan fingerprint density at radius 1 is 1.17 bits per heavy atom. The Kier molecular flexibility index (Phi) is 6.23. The lowest BCUT2D eigenvalue weighted by Gasteiger charge is -2.15. The molecule has 3 rings (SSSR count). The molecule has 0 atom stereocenters. The van der Waals surface area contributed by atoms with E-state index in [2.05, 4.69) is 0 Å². The van der Waals surface area contributed by atoms with Gasteiger partial charge in [-0.05, 0) is 32.0 Å². The standard InChI is InChI=1S/C21H18ClN3O5/c1-3-24-20(27)14-7-5-6-8-16(14)25(21(24)28)12-18(26)30-19-15(22)9-13(11-23)10-17(19)29-4-2/h5-10H,3-4,12H2,1-2H3. The summed E-state index contributed by atoms with van der Waals surface area (Å²) in [6, 6.07) is 11.3. The van der Waals surface area contributed by atoms with Crippen LogP contribution in [0.3, 0.4) is 0 Å². The van der Waals surface area contributed by atoms with Crippen molar-refractivity contribution in [2.75, 3.05) is 6.61 Å². The number of esters is 1. The molecule has 0 saturated carbocycles. The summed E-state index contributed by atoms with van der Waals surface area (Å²) in [7, 11) is 0. The molecule has 0 radical (unpaired) electrons. The van der Waals surface area contributed by atoms with Gasteiger partial charge in [-0.25, -0.2) is 9.59 Å². The van der Waals surface area contributed by atoms with Gasteiger partial charge < -0.3 is 9.47 Å². The normalized spacial score (nSPS) is 10.6. The Morgan fingerprint density at radius 3 is 2.57 bits per heavy atom. The van der Waals surface area contributed by atoms with Gasteiger partial charge in [0.15, 0.2) is 11.5 Å². The minimum Gasteiger partial charge on any atom is -0.490 e. The van der Waals surface area contributed by atoms with E-state index >= 15 is 0 Å². The molecule has 1 aromatic heterocycles. The van der Waals surface area contributed by atoms with Crippen molar-refractivity contribution in [3.8, 4) is 17.6 Å². The molecule has 154 valence electrons. The summed E-state index contributed by atoms with van der Waals surface area (Å²) in [5.41, 5.74) is -0.462. The molecule has 0 bridgehead atoms. The number of hydrogen-bond donors (Lipinski definition) is 0. The summed E-state index contributed by atoms with van der Waals surface area (Å²) < 4.78 is 13.1. The minimum absolute atomic E-state index is 0.0292. The summed E-state index contributed by atoms with van der Waals surface area (Å²) in [4.78, 5) is 38.0. The largest absolute Gasteiger partial charge is 0.490 e. The highest BCUT2D eigenvalue weighted by atomic mass is 35.5. The zero-order valence-corrected chi connectivity index (χ0v) is 17.1. The second-order valence-electron chi connectivity index (χ2n) is 6.24. The van der Waals surface area contributed by atoms with Gasteiger partial charge in [-0.15, -0.1) is 0 Å². The van der Waals surface area contributed by atoms with Crippen molar-refractivity contribution < 1.29 is 14.3 Å². The molecular weight excluding hydrogens is 410 g/mol. The number of nitriles is 1. The summed E-state index contributed by atoms with van der Waals surface area (Å²) in [5.74, 6) is -0.676. The van der Waals surface area contributed by atoms with Crippen molar-refractivity contribution in [2.45, 2.75) is 26.9 Å². The van der Waals surface area contributed by atoms with Crippen LogP contribution in [-0.4, -0.2) is 21.7 Å². The fourth-order valence-corrected chi connectivity index (χ4v) is 3.32. The predicted octanol–water partition coefficient (Wildman–Crippen LogP) is 2.71. The number of aromatic nitrogens is 2. The maximum Gasteiger partial charge on any atom is 0.332 e. The highest BCUT2D eigenvalue weighted by Gasteiger charge is 2.19. The molecule has 1 heterocycles. The number of benzene rings is 2. The monoisotopic (exact) mass is 427 g/mol. The number of rotatable bonds is 6. The maximum absolute atomic E-state index is 12.8. The average molecular weight is 428 g/mol. The Bertz CT molecular complexity index is 1290. The molecule has 0 aliphatic rings. The molecule has 9 heteroatoms. The van der Waals surface area contributed by atoms with Crippen LogP contribution in [-0.2, 0) is 17.9 Å². The maximum atomic E-state index is 12.8. The van der Waals surface area contributed by atoms with Gasteiger partial charge in [-0.1, -0.05) is 23.7 Å². The number of hydrogen-bond acceptors (Lipinski definition) is 6. The fraction of sp³-hybridized carbons (Fsp3) is 0.238. The lowest BCUT2D eigenvalue weighted by Crippen LogP contribution is -2.41. The first-order valence-electron chi connectivity index (χ1n) is 9.20. The van der Waals surface area contributed by atoms with Crippen molar-refractivity contribution in [3.63, 3.8) is 0 Å². The molecule has 0 aliphatic carbocycles.